The summed E-state index contributed by atoms with van der Waals surface area (Å²) in [5, 5.41) is 4.00. The van der Waals surface area contributed by atoms with Crippen LogP contribution in [0.5, 0.6) is 0 Å². The van der Waals surface area contributed by atoms with Crippen molar-refractivity contribution in [3.63, 3.8) is 0 Å². The van der Waals surface area contributed by atoms with E-state index in [1.165, 1.54) is 5.06 Å². The SMILES string of the molecule is CCNC(=O)N1OC1c1ccccc1. The van der Waals surface area contributed by atoms with Gasteiger partial charge in [-0.1, -0.05) is 30.3 Å². The molecular weight excluding hydrogens is 180 g/mol. The van der Waals surface area contributed by atoms with Gasteiger partial charge in [0.05, 0.1) is 0 Å². The lowest BCUT2D eigenvalue weighted by Crippen LogP contribution is -2.27. The summed E-state index contributed by atoms with van der Waals surface area (Å²) in [4.78, 5) is 16.4. The van der Waals surface area contributed by atoms with Gasteiger partial charge in [-0.25, -0.2) is 9.63 Å². The first-order valence-electron chi connectivity index (χ1n) is 4.61. The number of benzene rings is 1. The van der Waals surface area contributed by atoms with Crippen LogP contribution in [0.15, 0.2) is 30.3 Å². The van der Waals surface area contributed by atoms with E-state index in [2.05, 4.69) is 5.32 Å². The molecule has 4 heteroatoms. The standard InChI is InChI=1S/C10H12N2O2/c1-2-11-10(13)12-9(14-12)8-6-4-3-5-7-8/h3-7,9H,2H2,1H3,(H,11,13). The van der Waals surface area contributed by atoms with Crippen LogP contribution in [0.25, 0.3) is 0 Å². The molecule has 4 nitrogen and oxygen atoms in total. The minimum Gasteiger partial charge on any atom is -0.336 e. The van der Waals surface area contributed by atoms with Gasteiger partial charge in [0.2, 0.25) is 6.23 Å². The summed E-state index contributed by atoms with van der Waals surface area (Å²) < 4.78 is 0. The maximum Gasteiger partial charge on any atom is 0.344 e. The van der Waals surface area contributed by atoms with Crippen LogP contribution < -0.4 is 5.32 Å². The smallest absolute Gasteiger partial charge is 0.336 e. The predicted molar refractivity (Wildman–Crippen MR) is 51.2 cm³/mol. The Labute approximate surface area is 82.4 Å². The number of urea groups is 1. The van der Waals surface area contributed by atoms with Crippen molar-refractivity contribution in [2.24, 2.45) is 0 Å². The zero-order valence-electron chi connectivity index (χ0n) is 7.93. The van der Waals surface area contributed by atoms with E-state index >= 15 is 0 Å². The van der Waals surface area contributed by atoms with Gasteiger partial charge in [0, 0.05) is 12.1 Å². The molecule has 1 aliphatic rings. The summed E-state index contributed by atoms with van der Waals surface area (Å²) in [5.41, 5.74) is 0.999. The zero-order chi connectivity index (χ0) is 9.97. The van der Waals surface area contributed by atoms with Crippen LogP contribution in [-0.4, -0.2) is 17.6 Å². The fraction of sp³-hybridized carbons (Fsp3) is 0.300. The normalized spacial score (nSPS) is 19.2. The van der Waals surface area contributed by atoms with Crippen molar-refractivity contribution in [3.05, 3.63) is 35.9 Å². The summed E-state index contributed by atoms with van der Waals surface area (Å²) in [6.45, 7) is 2.49. The Morgan fingerprint density at radius 2 is 2.21 bits per heavy atom. The molecule has 0 spiro atoms. The molecule has 1 heterocycles. The van der Waals surface area contributed by atoms with Crippen molar-refractivity contribution < 1.29 is 9.63 Å². The molecule has 1 atom stereocenters. The average molecular weight is 192 g/mol. The Balaban J connectivity index is 1.96. The minimum atomic E-state index is -0.206. The van der Waals surface area contributed by atoms with Gasteiger partial charge in [-0.05, 0) is 6.92 Å². The van der Waals surface area contributed by atoms with Gasteiger partial charge >= 0.3 is 6.03 Å². The second-order valence-electron chi connectivity index (χ2n) is 3.03. The predicted octanol–water partition coefficient (Wildman–Crippen LogP) is 1.66. The maximum atomic E-state index is 11.3. The molecule has 1 N–H and O–H groups in total. The largest absolute Gasteiger partial charge is 0.344 e. The summed E-state index contributed by atoms with van der Waals surface area (Å²) in [7, 11) is 0. The van der Waals surface area contributed by atoms with Crippen LogP contribution >= 0.6 is 0 Å². The Hall–Kier alpha value is -1.55. The molecule has 1 aliphatic heterocycles. The second-order valence-corrected chi connectivity index (χ2v) is 3.03. The molecule has 0 aliphatic carbocycles. The summed E-state index contributed by atoms with van der Waals surface area (Å²) >= 11 is 0. The first-order valence-corrected chi connectivity index (χ1v) is 4.61. The quantitative estimate of drug-likeness (QED) is 0.724. The van der Waals surface area contributed by atoms with E-state index in [1.54, 1.807) is 0 Å². The Bertz CT molecular complexity index is 326. The topological polar surface area (TPSA) is 44.6 Å². The van der Waals surface area contributed by atoms with E-state index < -0.39 is 0 Å². The van der Waals surface area contributed by atoms with Gasteiger partial charge in [-0.15, -0.1) is 0 Å². The van der Waals surface area contributed by atoms with Crippen LogP contribution in [0.2, 0.25) is 0 Å². The molecule has 0 aromatic heterocycles. The fourth-order valence-electron chi connectivity index (χ4n) is 1.28. The molecule has 14 heavy (non-hydrogen) atoms. The summed E-state index contributed by atoms with van der Waals surface area (Å²) in [6, 6.07) is 9.47. The van der Waals surface area contributed by atoms with E-state index in [1.807, 2.05) is 37.3 Å². The summed E-state index contributed by atoms with van der Waals surface area (Å²) in [6.07, 6.45) is -0.206. The maximum absolute atomic E-state index is 11.3. The highest BCUT2D eigenvalue weighted by atomic mass is 16.8. The Morgan fingerprint density at radius 3 is 2.86 bits per heavy atom. The third-order valence-electron chi connectivity index (χ3n) is 1.99. The van der Waals surface area contributed by atoms with Crippen molar-refractivity contribution in [2.45, 2.75) is 13.2 Å². The molecule has 74 valence electrons. The number of hydrogen-bond acceptors (Lipinski definition) is 2. The number of nitrogens with one attached hydrogen (secondary N) is 1. The number of hydroxylamine groups is 2. The van der Waals surface area contributed by atoms with Crippen molar-refractivity contribution >= 4 is 6.03 Å². The third kappa shape index (κ3) is 1.70. The molecule has 1 saturated heterocycles. The highest BCUT2D eigenvalue weighted by molar-refractivity contribution is 5.74. The molecule has 0 saturated carbocycles. The van der Waals surface area contributed by atoms with E-state index in [9.17, 15) is 4.79 Å². The van der Waals surface area contributed by atoms with E-state index in [4.69, 9.17) is 4.84 Å². The highest BCUT2D eigenvalue weighted by Crippen LogP contribution is 2.36. The van der Waals surface area contributed by atoms with Gasteiger partial charge in [0.1, 0.15) is 0 Å². The van der Waals surface area contributed by atoms with Crippen LogP contribution in [0.1, 0.15) is 18.7 Å². The van der Waals surface area contributed by atoms with Gasteiger partial charge in [-0.3, -0.25) is 0 Å². The average Bonchev–Trinajstić information content (AvgIpc) is 2.99. The molecule has 2 rings (SSSR count). The molecule has 1 aromatic carbocycles. The lowest BCUT2D eigenvalue weighted by Gasteiger charge is -1.99. The van der Waals surface area contributed by atoms with Crippen molar-refractivity contribution in [2.75, 3.05) is 6.54 Å². The first-order chi connectivity index (χ1) is 6.83. The minimum absolute atomic E-state index is 0.179. The van der Waals surface area contributed by atoms with Gasteiger partial charge in [0.25, 0.3) is 0 Å². The lowest BCUT2D eigenvalue weighted by molar-refractivity contribution is 0.177. The van der Waals surface area contributed by atoms with Crippen molar-refractivity contribution in [3.8, 4) is 0 Å². The molecule has 2 amide bonds. The number of nitrogens with zero attached hydrogens (tertiary/aromatic N) is 1. The zero-order valence-corrected chi connectivity index (χ0v) is 7.93. The Kier molecular flexibility index (Phi) is 2.37. The third-order valence-corrected chi connectivity index (χ3v) is 1.99. The van der Waals surface area contributed by atoms with E-state index in [-0.39, 0.29) is 12.3 Å². The summed E-state index contributed by atoms with van der Waals surface area (Å²) in [5.74, 6) is 0. The first kappa shape index (κ1) is 9.02. The molecular formula is C10H12N2O2. The van der Waals surface area contributed by atoms with Crippen molar-refractivity contribution in [1.29, 1.82) is 0 Å². The number of carbonyl (C=O) groups is 1. The van der Waals surface area contributed by atoms with Crippen LogP contribution in [0.4, 0.5) is 4.79 Å². The van der Waals surface area contributed by atoms with Crippen LogP contribution in [0.3, 0.4) is 0 Å². The van der Waals surface area contributed by atoms with E-state index in [0.717, 1.165) is 5.56 Å². The Morgan fingerprint density at radius 1 is 1.50 bits per heavy atom. The van der Waals surface area contributed by atoms with Crippen LogP contribution in [-0.2, 0) is 4.84 Å². The molecule has 1 unspecified atom stereocenters. The molecule has 0 bridgehead atoms. The van der Waals surface area contributed by atoms with Gasteiger partial charge < -0.3 is 5.32 Å². The molecule has 1 fully saturated rings. The number of amides is 2. The van der Waals surface area contributed by atoms with Crippen molar-refractivity contribution in [1.82, 2.24) is 10.4 Å². The molecule has 1 aromatic rings. The highest BCUT2D eigenvalue weighted by Gasteiger charge is 2.42. The number of hydrogen-bond donors (Lipinski definition) is 1. The van der Waals surface area contributed by atoms with E-state index in [0.29, 0.717) is 6.54 Å². The lowest BCUT2D eigenvalue weighted by atomic mass is 10.2. The fourth-order valence-corrected chi connectivity index (χ4v) is 1.28. The van der Waals surface area contributed by atoms with Crippen LogP contribution in [0, 0.1) is 0 Å². The monoisotopic (exact) mass is 192 g/mol. The van der Waals surface area contributed by atoms with Gasteiger partial charge in [0.15, 0.2) is 0 Å². The van der Waals surface area contributed by atoms with Gasteiger partial charge in [-0.2, -0.15) is 5.06 Å². The second kappa shape index (κ2) is 3.67. The number of carbonyl (C=O) groups excluding carboxylic acids is 1. The molecule has 0 radical (unpaired) electrons. The number of rotatable bonds is 2.